The van der Waals surface area contributed by atoms with Crippen molar-refractivity contribution >= 4 is 40.7 Å². The van der Waals surface area contributed by atoms with E-state index in [-0.39, 0.29) is 36.2 Å². The number of carbonyl (C=O) groups excluding carboxylic acids is 2. The van der Waals surface area contributed by atoms with Gasteiger partial charge in [-0.2, -0.15) is 0 Å². The summed E-state index contributed by atoms with van der Waals surface area (Å²) in [5, 5.41) is 31.1. The van der Waals surface area contributed by atoms with Crippen molar-refractivity contribution < 1.29 is 29.5 Å². The van der Waals surface area contributed by atoms with Gasteiger partial charge in [-0.3, -0.25) is 9.59 Å². The summed E-state index contributed by atoms with van der Waals surface area (Å²) in [5.41, 5.74) is 4.21. The van der Waals surface area contributed by atoms with E-state index in [4.69, 9.17) is 4.65 Å². The highest BCUT2D eigenvalue weighted by Gasteiger charge is 2.53. The first-order valence-electron chi connectivity index (χ1n) is 12.3. The van der Waals surface area contributed by atoms with Gasteiger partial charge in [0, 0.05) is 33.0 Å². The smallest absolute Gasteiger partial charge is 0.455 e. The number of fused-ring (bicyclic) bond motifs is 4. The number of benzene rings is 2. The average Bonchev–Trinajstić information content (AvgIpc) is 2.87. The highest BCUT2D eigenvalue weighted by atomic mass is 79.9. The van der Waals surface area contributed by atoms with E-state index in [9.17, 15) is 24.8 Å². The Morgan fingerprint density at radius 3 is 2.58 bits per heavy atom. The normalized spacial score (nSPS) is 26.0. The second-order valence-corrected chi connectivity index (χ2v) is 10.9. The second kappa shape index (κ2) is 10.1. The first-order chi connectivity index (χ1) is 17.3. The molecule has 4 atom stereocenters. The van der Waals surface area contributed by atoms with E-state index < -0.39 is 25.1 Å². The van der Waals surface area contributed by atoms with E-state index in [0.717, 1.165) is 21.2 Å². The van der Waals surface area contributed by atoms with Crippen LogP contribution in [0, 0.1) is 17.8 Å². The molecule has 0 spiro atoms. The van der Waals surface area contributed by atoms with Gasteiger partial charge in [0.2, 0.25) is 0 Å². The second-order valence-electron chi connectivity index (χ2n) is 9.98. The van der Waals surface area contributed by atoms with Crippen molar-refractivity contribution in [3.05, 3.63) is 80.3 Å². The molecule has 0 bridgehead atoms. The van der Waals surface area contributed by atoms with Crippen LogP contribution in [0.3, 0.4) is 0 Å². The Labute approximate surface area is 219 Å². The van der Waals surface area contributed by atoms with E-state index in [2.05, 4.69) is 15.9 Å². The molecule has 186 valence electrons. The Bertz CT molecular complexity index is 1280. The maximum absolute atomic E-state index is 13.6. The van der Waals surface area contributed by atoms with Crippen LogP contribution >= 0.6 is 15.9 Å². The van der Waals surface area contributed by atoms with Crippen molar-refractivity contribution in [3.63, 3.8) is 0 Å². The fraction of sp³-hybridized carbons (Fsp3) is 0.357. The predicted octanol–water partition coefficient (Wildman–Crippen LogP) is 4.84. The van der Waals surface area contributed by atoms with Crippen LogP contribution < -0.4 is 0 Å². The largest absolute Gasteiger partial charge is 0.507 e. The molecule has 2 aromatic rings. The molecule has 0 aromatic heterocycles. The molecule has 2 aromatic carbocycles. The van der Waals surface area contributed by atoms with Gasteiger partial charge in [-0.25, -0.2) is 0 Å². The maximum atomic E-state index is 13.6. The molecule has 1 aliphatic heterocycles. The highest BCUT2D eigenvalue weighted by Crippen LogP contribution is 2.50. The van der Waals surface area contributed by atoms with Gasteiger partial charge >= 0.3 is 7.12 Å². The zero-order valence-electron chi connectivity index (χ0n) is 20.0. The third-order valence-corrected chi connectivity index (χ3v) is 8.24. The van der Waals surface area contributed by atoms with Crippen LogP contribution in [0.4, 0.5) is 0 Å². The molecule has 0 radical (unpaired) electrons. The Kier molecular flexibility index (Phi) is 7.05. The highest BCUT2D eigenvalue weighted by molar-refractivity contribution is 9.10. The lowest BCUT2D eigenvalue weighted by Crippen LogP contribution is -2.51. The van der Waals surface area contributed by atoms with Gasteiger partial charge in [-0.05, 0) is 67.8 Å². The molecule has 2 aliphatic carbocycles. The summed E-state index contributed by atoms with van der Waals surface area (Å²) in [4.78, 5) is 26.9. The number of ketones is 2. The van der Waals surface area contributed by atoms with Gasteiger partial charge < -0.3 is 19.9 Å². The minimum absolute atomic E-state index is 0.0645. The number of phenolic OH excluding ortho intramolecular Hbond substituents is 1. The number of halogens is 1. The third-order valence-electron chi connectivity index (χ3n) is 7.75. The number of aliphatic hydroxyl groups excluding tert-OH is 1. The fourth-order valence-electron chi connectivity index (χ4n) is 6.15. The summed E-state index contributed by atoms with van der Waals surface area (Å²) in [7, 11) is -1.05. The monoisotopic (exact) mass is 550 g/mol. The van der Waals surface area contributed by atoms with Gasteiger partial charge in [0.25, 0.3) is 0 Å². The van der Waals surface area contributed by atoms with Crippen LogP contribution in [0.5, 0.6) is 5.75 Å². The van der Waals surface area contributed by atoms with E-state index in [1.807, 2.05) is 19.1 Å². The van der Waals surface area contributed by atoms with Crippen molar-refractivity contribution in [2.24, 2.45) is 17.8 Å². The first-order valence-corrected chi connectivity index (χ1v) is 13.1. The molecule has 1 fully saturated rings. The number of aromatic hydroxyl groups is 1. The molecule has 6 nitrogen and oxygen atoms in total. The van der Waals surface area contributed by atoms with Crippen LogP contribution in [0.25, 0.3) is 6.08 Å². The Morgan fingerprint density at radius 1 is 1.14 bits per heavy atom. The molecule has 3 aliphatic rings. The number of rotatable bonds is 5. The Balaban J connectivity index is 1.44. The van der Waals surface area contributed by atoms with E-state index in [1.165, 1.54) is 0 Å². The summed E-state index contributed by atoms with van der Waals surface area (Å²) in [6.45, 7) is 1.75. The molecule has 0 unspecified atom stereocenters. The van der Waals surface area contributed by atoms with Crippen molar-refractivity contribution in [2.75, 3.05) is 6.61 Å². The number of hydrogen-bond donors (Lipinski definition) is 3. The minimum atomic E-state index is -1.05. The van der Waals surface area contributed by atoms with Crippen molar-refractivity contribution in [1.82, 2.24) is 0 Å². The number of phenols is 1. The Hall–Kier alpha value is -2.52. The van der Waals surface area contributed by atoms with Crippen molar-refractivity contribution in [2.45, 2.75) is 38.6 Å². The number of allylic oxidation sites excluding steroid dienone is 1. The summed E-state index contributed by atoms with van der Waals surface area (Å²) >= 11 is 3.42. The Morgan fingerprint density at radius 2 is 1.86 bits per heavy atom. The molecule has 3 N–H and O–H groups in total. The van der Waals surface area contributed by atoms with Crippen LogP contribution in [0.1, 0.15) is 52.5 Å². The third kappa shape index (κ3) is 4.52. The van der Waals surface area contributed by atoms with Crippen LogP contribution in [-0.2, 0) is 4.65 Å². The predicted molar refractivity (Wildman–Crippen MR) is 141 cm³/mol. The SMILES string of the molecule is C/C(=C\c1cc(Br)ccc1O)CC[C@H]1OB(O)C[C@H]2C1=C(CO)C[C@H]1C(=O)c3ccccc3C(=O)[C@H]12. The van der Waals surface area contributed by atoms with Gasteiger partial charge in [-0.15, -0.1) is 0 Å². The number of carbonyl (C=O) groups is 2. The lowest BCUT2D eigenvalue weighted by Gasteiger charge is -2.47. The fourth-order valence-corrected chi connectivity index (χ4v) is 6.53. The minimum Gasteiger partial charge on any atom is -0.507 e. The van der Waals surface area contributed by atoms with Crippen LogP contribution in [-0.4, -0.2) is 46.6 Å². The molecule has 8 heteroatoms. The summed E-state index contributed by atoms with van der Waals surface area (Å²) in [6.07, 6.45) is 3.15. The summed E-state index contributed by atoms with van der Waals surface area (Å²) in [6, 6.07) is 12.2. The molecule has 1 heterocycles. The van der Waals surface area contributed by atoms with E-state index in [0.29, 0.717) is 36.0 Å². The van der Waals surface area contributed by atoms with Crippen molar-refractivity contribution in [1.29, 1.82) is 0 Å². The molecule has 5 rings (SSSR count). The lowest BCUT2D eigenvalue weighted by atomic mass is 9.54. The van der Waals surface area contributed by atoms with E-state index >= 15 is 0 Å². The van der Waals surface area contributed by atoms with E-state index in [1.54, 1.807) is 36.4 Å². The molecule has 1 saturated heterocycles. The van der Waals surface area contributed by atoms with Gasteiger partial charge in [0.05, 0.1) is 12.7 Å². The standard InChI is InChI=1S/C28H28BBrO6/c1-15(10-16-11-18(30)7-8-23(16)32)6-9-24-25-17(14-31)12-21-26(22(25)13-29(35)36-24)28(34)20-5-3-2-4-19(20)27(21)33/h2-5,7-8,10-11,21-22,24,26,31-32,35H,6,9,12-14H2,1H3/b15-10+/t21-,22+,24-,26-/m1/s1. The number of hydrogen-bond acceptors (Lipinski definition) is 6. The van der Waals surface area contributed by atoms with Crippen LogP contribution in [0.15, 0.2) is 63.7 Å². The topological polar surface area (TPSA) is 104 Å². The van der Waals surface area contributed by atoms with Gasteiger partial charge in [0.15, 0.2) is 11.6 Å². The van der Waals surface area contributed by atoms with Crippen LogP contribution in [0.2, 0.25) is 6.32 Å². The average molecular weight is 551 g/mol. The van der Waals surface area contributed by atoms with Gasteiger partial charge in [-0.1, -0.05) is 51.8 Å². The lowest BCUT2D eigenvalue weighted by molar-refractivity contribution is 0.0590. The summed E-state index contributed by atoms with van der Waals surface area (Å²) in [5.74, 6) is -1.40. The van der Waals surface area contributed by atoms with Gasteiger partial charge in [0.1, 0.15) is 5.75 Å². The molecule has 36 heavy (non-hydrogen) atoms. The molecule has 0 amide bonds. The van der Waals surface area contributed by atoms with Crippen molar-refractivity contribution in [3.8, 4) is 5.75 Å². The maximum Gasteiger partial charge on any atom is 0.455 e. The number of Topliss-reactive ketones (excluding diaryl/α,β-unsaturated/α-hetero) is 2. The quantitative estimate of drug-likeness (QED) is 0.363. The molecule has 0 saturated carbocycles. The molecular formula is C28H28BBrO6. The number of aliphatic hydroxyl groups is 1. The zero-order chi connectivity index (χ0) is 25.6. The molecular weight excluding hydrogens is 523 g/mol. The first kappa shape index (κ1) is 25.1. The zero-order valence-corrected chi connectivity index (χ0v) is 21.6. The summed E-state index contributed by atoms with van der Waals surface area (Å²) < 4.78 is 6.81.